The van der Waals surface area contributed by atoms with Gasteiger partial charge in [-0.05, 0) is 12.8 Å². The van der Waals surface area contributed by atoms with Gasteiger partial charge < -0.3 is 5.73 Å². The van der Waals surface area contributed by atoms with Crippen LogP contribution in [0.3, 0.4) is 0 Å². The zero-order valence-electron chi connectivity index (χ0n) is 5.43. The summed E-state index contributed by atoms with van der Waals surface area (Å²) in [6.07, 6.45) is -0.192. The number of hydrogen-bond donors (Lipinski definition) is 1. The van der Waals surface area contributed by atoms with Crippen LogP contribution in [0.2, 0.25) is 0 Å². The summed E-state index contributed by atoms with van der Waals surface area (Å²) in [4.78, 5) is 0. The summed E-state index contributed by atoms with van der Waals surface area (Å²) in [7, 11) is 0. The maximum atomic E-state index is 12.6. The Labute approximate surface area is 69.7 Å². The van der Waals surface area contributed by atoms with Crippen LogP contribution in [0.5, 0.6) is 0 Å². The molecule has 0 amide bonds. The molecule has 1 rings (SSSR count). The summed E-state index contributed by atoms with van der Waals surface area (Å²) < 4.78 is 12.6. The molecule has 0 aromatic heterocycles. The lowest BCUT2D eigenvalue weighted by Crippen LogP contribution is -2.45. The van der Waals surface area contributed by atoms with Crippen molar-refractivity contribution in [1.82, 2.24) is 0 Å². The van der Waals surface area contributed by atoms with Crippen molar-refractivity contribution in [3.05, 3.63) is 0 Å². The summed E-state index contributed by atoms with van der Waals surface area (Å²) in [5.41, 5.74) is 5.55. The highest BCUT2D eigenvalue weighted by atomic mass is 35.5. The molecule has 10 heavy (non-hydrogen) atoms. The zero-order valence-corrected chi connectivity index (χ0v) is 6.95. The Morgan fingerprint density at radius 1 is 1.20 bits per heavy atom. The monoisotopic (exact) mass is 185 g/mol. The molecule has 2 atom stereocenters. The number of alkyl halides is 3. The van der Waals surface area contributed by atoms with Gasteiger partial charge in [0.25, 0.3) is 0 Å². The molecule has 0 spiro atoms. The Hall–Kier alpha value is 0.470. The van der Waals surface area contributed by atoms with E-state index in [1.54, 1.807) is 0 Å². The predicted octanol–water partition coefficient (Wildman–Crippen LogP) is 1.66. The van der Waals surface area contributed by atoms with Gasteiger partial charge in [0, 0.05) is 6.04 Å². The molecule has 0 radical (unpaired) electrons. The summed E-state index contributed by atoms with van der Waals surface area (Å²) in [6.45, 7) is 0. The van der Waals surface area contributed by atoms with Gasteiger partial charge in [0.05, 0.1) is 10.8 Å². The van der Waals surface area contributed by atoms with Crippen LogP contribution in [0.1, 0.15) is 12.8 Å². The summed E-state index contributed by atoms with van der Waals surface area (Å²) >= 11 is 11.4. The van der Waals surface area contributed by atoms with E-state index in [9.17, 15) is 4.39 Å². The highest BCUT2D eigenvalue weighted by Crippen LogP contribution is 2.27. The molecule has 0 heterocycles. The zero-order chi connectivity index (χ0) is 7.72. The van der Waals surface area contributed by atoms with Crippen LogP contribution in [-0.4, -0.2) is 23.0 Å². The van der Waals surface area contributed by atoms with Gasteiger partial charge in [-0.1, -0.05) is 0 Å². The Morgan fingerprint density at radius 2 is 1.60 bits per heavy atom. The van der Waals surface area contributed by atoms with E-state index in [0.29, 0.717) is 12.8 Å². The lowest BCUT2D eigenvalue weighted by Gasteiger charge is -2.30. The van der Waals surface area contributed by atoms with Gasteiger partial charge in [-0.15, -0.1) is 23.2 Å². The van der Waals surface area contributed by atoms with Crippen LogP contribution in [0.25, 0.3) is 0 Å². The fourth-order valence-electron chi connectivity index (χ4n) is 1.13. The minimum absolute atomic E-state index is 0.254. The van der Waals surface area contributed by atoms with Gasteiger partial charge in [-0.2, -0.15) is 0 Å². The van der Waals surface area contributed by atoms with E-state index in [-0.39, 0.29) is 16.8 Å². The van der Waals surface area contributed by atoms with Gasteiger partial charge >= 0.3 is 0 Å². The topological polar surface area (TPSA) is 26.0 Å². The molecule has 1 fully saturated rings. The molecule has 0 saturated heterocycles. The fraction of sp³-hybridized carbons (Fsp3) is 1.00. The minimum atomic E-state index is -0.871. The quantitative estimate of drug-likeness (QED) is 0.572. The molecule has 0 aromatic rings. The average molecular weight is 186 g/mol. The van der Waals surface area contributed by atoms with Gasteiger partial charge in [-0.3, -0.25) is 0 Å². The van der Waals surface area contributed by atoms with Crippen molar-refractivity contribution in [3.63, 3.8) is 0 Å². The van der Waals surface area contributed by atoms with Crippen LogP contribution >= 0.6 is 23.2 Å². The smallest absolute Gasteiger partial charge is 0.103 e. The van der Waals surface area contributed by atoms with E-state index in [4.69, 9.17) is 28.9 Å². The molecule has 4 heteroatoms. The summed E-state index contributed by atoms with van der Waals surface area (Å²) in [6, 6.07) is -0.254. The molecule has 60 valence electrons. The molecule has 1 saturated carbocycles. The number of hydrogen-bond acceptors (Lipinski definition) is 1. The van der Waals surface area contributed by atoms with Crippen LogP contribution in [0, 0.1) is 0 Å². The Morgan fingerprint density at radius 3 is 2.00 bits per heavy atom. The second-order valence-electron chi connectivity index (χ2n) is 2.68. The van der Waals surface area contributed by atoms with E-state index in [1.165, 1.54) is 0 Å². The van der Waals surface area contributed by atoms with Crippen LogP contribution in [-0.2, 0) is 0 Å². The maximum absolute atomic E-state index is 12.6. The number of nitrogens with two attached hydrogens (primary N) is 1. The molecule has 0 aliphatic heterocycles. The predicted molar refractivity (Wildman–Crippen MR) is 41.4 cm³/mol. The van der Waals surface area contributed by atoms with Crippen LogP contribution in [0.4, 0.5) is 4.39 Å². The number of halogens is 3. The lowest BCUT2D eigenvalue weighted by atomic mass is 9.94. The second kappa shape index (κ2) is 3.24. The van der Waals surface area contributed by atoms with Gasteiger partial charge in [0.1, 0.15) is 6.17 Å². The standard InChI is InChI=1S/C6H10Cl2FN/c7-4-1-3(9)2-5(8)6(4)10/h3-6H,1-2,10H2. The largest absolute Gasteiger partial charge is 0.325 e. The van der Waals surface area contributed by atoms with Gasteiger partial charge in [0.2, 0.25) is 0 Å². The van der Waals surface area contributed by atoms with Crippen LogP contribution in [0.15, 0.2) is 0 Å². The Kier molecular flexibility index (Phi) is 2.78. The summed E-state index contributed by atoms with van der Waals surface area (Å²) in [5.74, 6) is 0. The van der Waals surface area contributed by atoms with Crippen molar-refractivity contribution in [2.24, 2.45) is 5.73 Å². The fourth-order valence-corrected chi connectivity index (χ4v) is 1.94. The molecule has 2 N–H and O–H groups in total. The lowest BCUT2D eigenvalue weighted by molar-refractivity contribution is 0.243. The molecule has 0 aromatic carbocycles. The Bertz CT molecular complexity index is 110. The first-order valence-corrected chi connectivity index (χ1v) is 4.16. The average Bonchev–Trinajstić information content (AvgIpc) is 1.82. The number of rotatable bonds is 0. The van der Waals surface area contributed by atoms with Gasteiger partial charge in [-0.25, -0.2) is 4.39 Å². The van der Waals surface area contributed by atoms with E-state index >= 15 is 0 Å². The third-order valence-corrected chi connectivity index (χ3v) is 2.74. The van der Waals surface area contributed by atoms with E-state index in [0.717, 1.165) is 0 Å². The third kappa shape index (κ3) is 1.74. The highest BCUT2D eigenvalue weighted by molar-refractivity contribution is 6.24. The van der Waals surface area contributed by atoms with Crippen LogP contribution < -0.4 is 5.73 Å². The third-order valence-electron chi connectivity index (χ3n) is 1.80. The van der Waals surface area contributed by atoms with Crippen molar-refractivity contribution >= 4 is 23.2 Å². The normalized spacial score (nSPS) is 49.2. The highest BCUT2D eigenvalue weighted by Gasteiger charge is 2.33. The molecular formula is C6H10Cl2FN. The maximum Gasteiger partial charge on any atom is 0.103 e. The molecular weight excluding hydrogens is 176 g/mol. The van der Waals surface area contributed by atoms with E-state index in [2.05, 4.69) is 0 Å². The van der Waals surface area contributed by atoms with Gasteiger partial charge in [0.15, 0.2) is 0 Å². The second-order valence-corrected chi connectivity index (χ2v) is 3.80. The molecule has 0 bridgehead atoms. The molecule has 1 nitrogen and oxygen atoms in total. The first-order chi connectivity index (χ1) is 4.61. The van der Waals surface area contributed by atoms with Crippen molar-refractivity contribution < 1.29 is 4.39 Å². The van der Waals surface area contributed by atoms with Crippen molar-refractivity contribution in [2.75, 3.05) is 0 Å². The first kappa shape index (κ1) is 8.57. The first-order valence-electron chi connectivity index (χ1n) is 3.29. The molecule has 2 unspecified atom stereocenters. The van der Waals surface area contributed by atoms with Crippen molar-refractivity contribution in [3.8, 4) is 0 Å². The van der Waals surface area contributed by atoms with E-state index in [1.807, 2.05) is 0 Å². The van der Waals surface area contributed by atoms with Crippen molar-refractivity contribution in [1.29, 1.82) is 0 Å². The SMILES string of the molecule is NC1C(Cl)CC(F)CC1Cl. The van der Waals surface area contributed by atoms with E-state index < -0.39 is 6.17 Å². The van der Waals surface area contributed by atoms with Crippen molar-refractivity contribution in [2.45, 2.75) is 35.8 Å². The minimum Gasteiger partial charge on any atom is -0.325 e. The Balaban J connectivity index is 2.49. The molecule has 1 aliphatic rings. The molecule has 1 aliphatic carbocycles. The summed E-state index contributed by atoms with van der Waals surface area (Å²) in [5, 5.41) is -0.600.